The van der Waals surface area contributed by atoms with E-state index in [0.29, 0.717) is 6.54 Å². The number of rotatable bonds is 5. The number of nitrogens with zero attached hydrogens (tertiary/aromatic N) is 4. The molecule has 0 saturated carbocycles. The van der Waals surface area contributed by atoms with E-state index in [2.05, 4.69) is 20.3 Å². The standard InChI is InChI=1S/C10H18N6OS/c11-10-13-8-16(14-10)7-9(17)12-1-2-15-3-5-18-6-4-15/h8H,1-7H2,(H2,11,14)(H,12,17). The van der Waals surface area contributed by atoms with Gasteiger partial charge in [0.15, 0.2) is 0 Å². The van der Waals surface area contributed by atoms with Crippen LogP contribution in [0.15, 0.2) is 6.33 Å². The highest BCUT2D eigenvalue weighted by molar-refractivity contribution is 7.99. The largest absolute Gasteiger partial charge is 0.367 e. The number of hydrogen-bond acceptors (Lipinski definition) is 6. The maximum Gasteiger partial charge on any atom is 0.241 e. The molecule has 18 heavy (non-hydrogen) atoms. The molecule has 1 saturated heterocycles. The minimum Gasteiger partial charge on any atom is -0.367 e. The number of nitrogens with one attached hydrogen (secondary N) is 1. The van der Waals surface area contributed by atoms with E-state index in [1.54, 1.807) is 0 Å². The summed E-state index contributed by atoms with van der Waals surface area (Å²) in [5, 5.41) is 6.73. The third kappa shape index (κ3) is 4.19. The van der Waals surface area contributed by atoms with Gasteiger partial charge in [-0.2, -0.15) is 11.8 Å². The lowest BCUT2D eigenvalue weighted by Crippen LogP contribution is -2.40. The van der Waals surface area contributed by atoms with Crippen molar-refractivity contribution in [1.29, 1.82) is 0 Å². The predicted molar refractivity (Wildman–Crippen MR) is 71.2 cm³/mol. The van der Waals surface area contributed by atoms with Gasteiger partial charge >= 0.3 is 0 Å². The van der Waals surface area contributed by atoms with Gasteiger partial charge in [-0.15, -0.1) is 5.10 Å². The van der Waals surface area contributed by atoms with Crippen LogP contribution in [0.1, 0.15) is 0 Å². The van der Waals surface area contributed by atoms with Gasteiger partial charge in [0, 0.05) is 37.7 Å². The van der Waals surface area contributed by atoms with E-state index in [4.69, 9.17) is 5.73 Å². The molecule has 1 aromatic heterocycles. The lowest BCUT2D eigenvalue weighted by molar-refractivity contribution is -0.121. The second kappa shape index (κ2) is 6.60. The number of nitrogens with two attached hydrogens (primary N) is 1. The summed E-state index contributed by atoms with van der Waals surface area (Å²) in [5.74, 6) is 2.50. The van der Waals surface area contributed by atoms with Gasteiger partial charge in [-0.1, -0.05) is 0 Å². The van der Waals surface area contributed by atoms with Crippen LogP contribution < -0.4 is 11.1 Å². The van der Waals surface area contributed by atoms with Crippen LogP contribution in [-0.2, 0) is 11.3 Å². The van der Waals surface area contributed by atoms with Crippen LogP contribution in [0.3, 0.4) is 0 Å². The van der Waals surface area contributed by atoms with E-state index in [0.717, 1.165) is 19.6 Å². The molecule has 7 nitrogen and oxygen atoms in total. The third-order valence-electron chi connectivity index (χ3n) is 2.71. The van der Waals surface area contributed by atoms with Gasteiger partial charge in [-0.05, 0) is 0 Å². The number of carbonyl (C=O) groups is 1. The fourth-order valence-corrected chi connectivity index (χ4v) is 2.75. The Balaban J connectivity index is 1.62. The molecule has 0 bridgehead atoms. The molecule has 1 aliphatic rings. The topological polar surface area (TPSA) is 89.1 Å². The van der Waals surface area contributed by atoms with Crippen molar-refractivity contribution in [2.24, 2.45) is 0 Å². The van der Waals surface area contributed by atoms with Crippen LogP contribution >= 0.6 is 11.8 Å². The summed E-state index contributed by atoms with van der Waals surface area (Å²) >= 11 is 1.98. The molecular weight excluding hydrogens is 252 g/mol. The maximum atomic E-state index is 11.6. The normalized spacial score (nSPS) is 16.7. The number of aromatic nitrogens is 3. The molecule has 1 aliphatic heterocycles. The Hall–Kier alpha value is -1.28. The fraction of sp³-hybridized carbons (Fsp3) is 0.700. The number of hydrogen-bond donors (Lipinski definition) is 2. The summed E-state index contributed by atoms with van der Waals surface area (Å²) in [6.45, 7) is 3.97. The summed E-state index contributed by atoms with van der Waals surface area (Å²) in [6, 6.07) is 0. The van der Waals surface area contributed by atoms with Crippen LogP contribution in [0.2, 0.25) is 0 Å². The van der Waals surface area contributed by atoms with Crippen molar-refractivity contribution in [3.8, 4) is 0 Å². The Bertz CT molecular complexity index is 389. The first-order valence-corrected chi connectivity index (χ1v) is 7.11. The van der Waals surface area contributed by atoms with E-state index in [1.807, 2.05) is 11.8 Å². The zero-order valence-electron chi connectivity index (χ0n) is 10.2. The number of carbonyl (C=O) groups excluding carboxylic acids is 1. The smallest absolute Gasteiger partial charge is 0.241 e. The highest BCUT2D eigenvalue weighted by Gasteiger charge is 2.10. The quantitative estimate of drug-likeness (QED) is 0.715. The molecule has 1 aromatic rings. The van der Waals surface area contributed by atoms with Gasteiger partial charge in [-0.3, -0.25) is 9.69 Å². The Morgan fingerprint density at radius 2 is 2.28 bits per heavy atom. The van der Waals surface area contributed by atoms with Gasteiger partial charge in [0.1, 0.15) is 12.9 Å². The fourth-order valence-electron chi connectivity index (χ4n) is 1.77. The number of nitrogen functional groups attached to an aromatic ring is 1. The first-order chi connectivity index (χ1) is 8.74. The maximum absolute atomic E-state index is 11.6. The molecule has 2 heterocycles. The Morgan fingerprint density at radius 1 is 1.50 bits per heavy atom. The van der Waals surface area contributed by atoms with Crippen molar-refractivity contribution in [2.45, 2.75) is 6.54 Å². The minimum absolute atomic E-state index is 0.0636. The van der Waals surface area contributed by atoms with Gasteiger partial charge in [0.05, 0.1) is 0 Å². The molecule has 0 radical (unpaired) electrons. The first kappa shape index (κ1) is 13.2. The van der Waals surface area contributed by atoms with Gasteiger partial charge in [0.2, 0.25) is 11.9 Å². The van der Waals surface area contributed by atoms with Crippen molar-refractivity contribution in [1.82, 2.24) is 25.0 Å². The summed E-state index contributed by atoms with van der Waals surface area (Å²) < 4.78 is 1.43. The Kier molecular flexibility index (Phi) is 4.82. The van der Waals surface area contributed by atoms with Gasteiger partial charge in [-0.25, -0.2) is 9.67 Å². The first-order valence-electron chi connectivity index (χ1n) is 5.96. The second-order valence-electron chi connectivity index (χ2n) is 4.10. The molecule has 3 N–H and O–H groups in total. The minimum atomic E-state index is -0.0636. The lowest BCUT2D eigenvalue weighted by atomic mass is 10.4. The third-order valence-corrected chi connectivity index (χ3v) is 3.66. The van der Waals surface area contributed by atoms with E-state index in [9.17, 15) is 4.79 Å². The highest BCUT2D eigenvalue weighted by atomic mass is 32.2. The summed E-state index contributed by atoms with van der Waals surface area (Å²) in [6.07, 6.45) is 1.46. The van der Waals surface area contributed by atoms with Crippen molar-refractivity contribution < 1.29 is 4.79 Å². The van der Waals surface area contributed by atoms with Gasteiger partial charge in [0.25, 0.3) is 0 Å². The summed E-state index contributed by atoms with van der Waals surface area (Å²) in [4.78, 5) is 17.7. The Morgan fingerprint density at radius 3 is 2.94 bits per heavy atom. The molecule has 0 unspecified atom stereocenters. The van der Waals surface area contributed by atoms with Crippen LogP contribution in [0, 0.1) is 0 Å². The van der Waals surface area contributed by atoms with Crippen LogP contribution in [0.25, 0.3) is 0 Å². The van der Waals surface area contributed by atoms with E-state index >= 15 is 0 Å². The Labute approximate surface area is 110 Å². The average molecular weight is 270 g/mol. The molecule has 0 spiro atoms. The molecule has 1 amide bonds. The molecular formula is C10H18N6OS. The molecule has 2 rings (SSSR count). The second-order valence-corrected chi connectivity index (χ2v) is 5.33. The monoisotopic (exact) mass is 270 g/mol. The zero-order chi connectivity index (χ0) is 12.8. The molecule has 0 atom stereocenters. The van der Waals surface area contributed by atoms with Crippen molar-refractivity contribution >= 4 is 23.6 Å². The zero-order valence-corrected chi connectivity index (χ0v) is 11.0. The number of thioether (sulfide) groups is 1. The van der Waals surface area contributed by atoms with Crippen molar-refractivity contribution in [2.75, 3.05) is 43.4 Å². The highest BCUT2D eigenvalue weighted by Crippen LogP contribution is 2.07. The SMILES string of the molecule is Nc1ncn(CC(=O)NCCN2CCSCC2)n1. The van der Waals surface area contributed by atoms with Crippen molar-refractivity contribution in [3.05, 3.63) is 6.33 Å². The summed E-state index contributed by atoms with van der Waals surface area (Å²) in [5.41, 5.74) is 5.37. The van der Waals surface area contributed by atoms with E-state index in [1.165, 1.54) is 22.5 Å². The van der Waals surface area contributed by atoms with Gasteiger partial charge < -0.3 is 11.1 Å². The molecule has 1 fully saturated rings. The molecule has 0 aliphatic carbocycles. The summed E-state index contributed by atoms with van der Waals surface area (Å²) in [7, 11) is 0. The van der Waals surface area contributed by atoms with E-state index < -0.39 is 0 Å². The van der Waals surface area contributed by atoms with Crippen LogP contribution in [0.4, 0.5) is 5.95 Å². The predicted octanol–water partition coefficient (Wildman–Crippen LogP) is -0.975. The molecule has 100 valence electrons. The number of amides is 1. The van der Waals surface area contributed by atoms with E-state index in [-0.39, 0.29) is 18.4 Å². The molecule has 0 aromatic carbocycles. The van der Waals surface area contributed by atoms with Crippen LogP contribution in [0.5, 0.6) is 0 Å². The average Bonchev–Trinajstić information content (AvgIpc) is 2.76. The molecule has 8 heteroatoms. The number of anilines is 1. The van der Waals surface area contributed by atoms with Crippen molar-refractivity contribution in [3.63, 3.8) is 0 Å². The lowest BCUT2D eigenvalue weighted by Gasteiger charge is -2.25. The van der Waals surface area contributed by atoms with Crippen LogP contribution in [-0.4, -0.2) is 63.3 Å².